The van der Waals surface area contributed by atoms with Gasteiger partial charge in [0.1, 0.15) is 6.10 Å². The number of aliphatic hydroxyl groups is 1. The Balaban J connectivity index is 2.43. The second-order valence-corrected chi connectivity index (χ2v) is 4.17. The summed E-state index contributed by atoms with van der Waals surface area (Å²) in [6.45, 7) is 0. The molecule has 0 aliphatic carbocycles. The molecule has 1 aromatic heterocycles. The molecule has 2 rings (SSSR count). The molecule has 0 radical (unpaired) electrons. The molecular formula is C13H14ClNO3. The van der Waals surface area contributed by atoms with Crippen molar-refractivity contribution in [3.8, 4) is 11.5 Å². The number of hydrogen-bond acceptors (Lipinski definition) is 3. The molecule has 5 heteroatoms. The maximum absolute atomic E-state index is 10.2. The first-order valence-electron chi connectivity index (χ1n) is 5.40. The molecular weight excluding hydrogens is 254 g/mol. The second-order valence-electron chi connectivity index (χ2n) is 3.77. The number of benzene rings is 1. The monoisotopic (exact) mass is 267 g/mol. The zero-order valence-electron chi connectivity index (χ0n) is 10.1. The van der Waals surface area contributed by atoms with Gasteiger partial charge in [-0.3, -0.25) is 0 Å². The quantitative estimate of drug-likeness (QED) is 0.896. The van der Waals surface area contributed by atoms with Gasteiger partial charge in [0.05, 0.1) is 19.2 Å². The van der Waals surface area contributed by atoms with Crippen LogP contribution in [0.25, 0.3) is 0 Å². The predicted molar refractivity (Wildman–Crippen MR) is 69.4 cm³/mol. The average molecular weight is 268 g/mol. The minimum absolute atomic E-state index is 0.400. The average Bonchev–Trinajstić information content (AvgIpc) is 2.90. The van der Waals surface area contributed by atoms with Gasteiger partial charge >= 0.3 is 0 Å². The molecule has 2 N–H and O–H groups in total. The van der Waals surface area contributed by atoms with Gasteiger partial charge in [0, 0.05) is 11.9 Å². The molecule has 0 spiro atoms. The molecule has 1 aromatic carbocycles. The van der Waals surface area contributed by atoms with Crippen molar-refractivity contribution < 1.29 is 14.6 Å². The van der Waals surface area contributed by atoms with E-state index in [2.05, 4.69) is 4.98 Å². The van der Waals surface area contributed by atoms with E-state index in [1.54, 1.807) is 24.4 Å². The fourth-order valence-corrected chi connectivity index (χ4v) is 2.09. The zero-order chi connectivity index (χ0) is 13.1. The van der Waals surface area contributed by atoms with E-state index in [0.29, 0.717) is 27.8 Å². The summed E-state index contributed by atoms with van der Waals surface area (Å²) in [5, 5.41) is 10.6. The third-order valence-corrected chi connectivity index (χ3v) is 2.97. The number of methoxy groups -OCH3 is 2. The molecule has 1 unspecified atom stereocenters. The molecule has 1 heterocycles. The highest BCUT2D eigenvalue weighted by Gasteiger charge is 2.17. The number of aromatic nitrogens is 1. The van der Waals surface area contributed by atoms with Crippen molar-refractivity contribution in [2.24, 2.45) is 0 Å². The highest BCUT2D eigenvalue weighted by Crippen LogP contribution is 2.38. The predicted octanol–water partition coefficient (Wildman–Crippen LogP) is 2.77. The van der Waals surface area contributed by atoms with Crippen LogP contribution in [-0.4, -0.2) is 24.3 Å². The first kappa shape index (κ1) is 12.8. The summed E-state index contributed by atoms with van der Waals surface area (Å²) >= 11 is 6.09. The fraction of sp³-hybridized carbons (Fsp3) is 0.231. The lowest BCUT2D eigenvalue weighted by Crippen LogP contribution is -2.01. The maximum atomic E-state index is 10.2. The van der Waals surface area contributed by atoms with Crippen LogP contribution in [0.5, 0.6) is 11.5 Å². The second kappa shape index (κ2) is 5.33. The lowest BCUT2D eigenvalue weighted by atomic mass is 10.1. The van der Waals surface area contributed by atoms with Crippen molar-refractivity contribution in [3.05, 3.63) is 46.7 Å². The number of hydrogen-bond donors (Lipinski definition) is 2. The number of halogens is 1. The molecule has 4 nitrogen and oxygen atoms in total. The lowest BCUT2D eigenvalue weighted by molar-refractivity contribution is 0.215. The molecule has 18 heavy (non-hydrogen) atoms. The van der Waals surface area contributed by atoms with Crippen molar-refractivity contribution >= 4 is 11.6 Å². The minimum Gasteiger partial charge on any atom is -0.493 e. The van der Waals surface area contributed by atoms with Gasteiger partial charge in [-0.15, -0.1) is 0 Å². The van der Waals surface area contributed by atoms with Crippen LogP contribution in [0.2, 0.25) is 5.02 Å². The van der Waals surface area contributed by atoms with E-state index in [-0.39, 0.29) is 0 Å². The zero-order valence-corrected chi connectivity index (χ0v) is 10.9. The van der Waals surface area contributed by atoms with Crippen molar-refractivity contribution in [2.75, 3.05) is 14.2 Å². The molecule has 0 aliphatic heterocycles. The number of ether oxygens (including phenoxy) is 2. The lowest BCUT2D eigenvalue weighted by Gasteiger charge is -2.14. The van der Waals surface area contributed by atoms with Crippen molar-refractivity contribution in [2.45, 2.75) is 6.10 Å². The van der Waals surface area contributed by atoms with E-state index in [1.165, 1.54) is 14.2 Å². The van der Waals surface area contributed by atoms with Crippen LogP contribution in [0.15, 0.2) is 30.5 Å². The van der Waals surface area contributed by atoms with E-state index >= 15 is 0 Å². The van der Waals surface area contributed by atoms with E-state index in [4.69, 9.17) is 21.1 Å². The van der Waals surface area contributed by atoms with Gasteiger partial charge in [0.25, 0.3) is 0 Å². The van der Waals surface area contributed by atoms with Crippen LogP contribution in [0, 0.1) is 0 Å². The number of H-pyrrole nitrogens is 1. The minimum atomic E-state index is -0.780. The molecule has 0 amide bonds. The smallest absolute Gasteiger partial charge is 0.179 e. The normalized spacial score (nSPS) is 12.2. The van der Waals surface area contributed by atoms with Crippen molar-refractivity contribution in [3.63, 3.8) is 0 Å². The Morgan fingerprint density at radius 2 is 2.06 bits per heavy atom. The molecule has 2 aromatic rings. The summed E-state index contributed by atoms with van der Waals surface area (Å²) in [6.07, 6.45) is 0.971. The third kappa shape index (κ3) is 2.30. The summed E-state index contributed by atoms with van der Waals surface area (Å²) in [7, 11) is 3.05. The van der Waals surface area contributed by atoms with Gasteiger partial charge in [0.15, 0.2) is 11.5 Å². The van der Waals surface area contributed by atoms with Crippen molar-refractivity contribution in [1.29, 1.82) is 0 Å². The van der Waals surface area contributed by atoms with Crippen LogP contribution in [0.3, 0.4) is 0 Å². The Kier molecular flexibility index (Phi) is 3.79. The van der Waals surface area contributed by atoms with Crippen LogP contribution < -0.4 is 9.47 Å². The van der Waals surface area contributed by atoms with Gasteiger partial charge in [-0.05, 0) is 29.8 Å². The van der Waals surface area contributed by atoms with E-state index in [1.807, 2.05) is 6.07 Å². The highest BCUT2D eigenvalue weighted by atomic mass is 35.5. The summed E-state index contributed by atoms with van der Waals surface area (Å²) < 4.78 is 10.3. The van der Waals surface area contributed by atoms with Gasteiger partial charge in [-0.25, -0.2) is 0 Å². The van der Waals surface area contributed by atoms with E-state index < -0.39 is 6.10 Å². The SMILES string of the molecule is COc1cc(C(O)c2ccc[nH]2)cc(Cl)c1OC. The molecule has 0 fully saturated rings. The van der Waals surface area contributed by atoms with Crippen LogP contribution >= 0.6 is 11.6 Å². The molecule has 96 valence electrons. The van der Waals surface area contributed by atoms with Crippen molar-refractivity contribution in [1.82, 2.24) is 4.98 Å². The Hall–Kier alpha value is -1.65. The maximum Gasteiger partial charge on any atom is 0.179 e. The van der Waals surface area contributed by atoms with E-state index in [9.17, 15) is 5.11 Å². The topological polar surface area (TPSA) is 54.5 Å². The molecule has 0 saturated heterocycles. The first-order valence-corrected chi connectivity index (χ1v) is 5.78. The van der Waals surface area contributed by atoms with Crippen LogP contribution in [-0.2, 0) is 0 Å². The summed E-state index contributed by atoms with van der Waals surface area (Å²) in [5.74, 6) is 0.951. The third-order valence-electron chi connectivity index (χ3n) is 2.69. The molecule has 1 atom stereocenters. The number of aliphatic hydroxyl groups excluding tert-OH is 1. The van der Waals surface area contributed by atoms with Gasteiger partial charge in [-0.2, -0.15) is 0 Å². The van der Waals surface area contributed by atoms with Gasteiger partial charge in [-0.1, -0.05) is 11.6 Å². The summed E-state index contributed by atoms with van der Waals surface area (Å²) in [5.41, 5.74) is 1.33. The standard InChI is InChI=1S/C13H14ClNO3/c1-17-11-7-8(6-9(14)13(11)18-2)12(16)10-4-3-5-15-10/h3-7,12,15-16H,1-2H3. The Bertz CT molecular complexity index is 525. The first-order chi connectivity index (χ1) is 8.67. The fourth-order valence-electron chi connectivity index (χ4n) is 1.79. The summed E-state index contributed by atoms with van der Waals surface area (Å²) in [4.78, 5) is 2.96. The molecule has 0 saturated carbocycles. The largest absolute Gasteiger partial charge is 0.493 e. The van der Waals surface area contributed by atoms with Gasteiger partial charge in [0.2, 0.25) is 0 Å². The number of aromatic amines is 1. The van der Waals surface area contributed by atoms with Crippen LogP contribution in [0.1, 0.15) is 17.4 Å². The van der Waals surface area contributed by atoms with E-state index in [0.717, 1.165) is 0 Å². The van der Waals surface area contributed by atoms with Gasteiger partial charge < -0.3 is 19.6 Å². The Morgan fingerprint density at radius 3 is 2.61 bits per heavy atom. The number of rotatable bonds is 4. The Labute approximate surface area is 110 Å². The Morgan fingerprint density at radius 1 is 1.28 bits per heavy atom. The molecule has 0 aliphatic rings. The highest BCUT2D eigenvalue weighted by molar-refractivity contribution is 6.32. The number of nitrogens with one attached hydrogen (secondary N) is 1. The molecule has 0 bridgehead atoms. The summed E-state index contributed by atoms with van der Waals surface area (Å²) in [6, 6.07) is 6.99. The van der Waals surface area contributed by atoms with Crippen LogP contribution in [0.4, 0.5) is 0 Å².